The summed E-state index contributed by atoms with van der Waals surface area (Å²) in [6.07, 6.45) is -4.58. The number of carbonyl (C=O) groups is 1. The summed E-state index contributed by atoms with van der Waals surface area (Å²) in [6.45, 7) is 1.84. The maximum atomic E-state index is 13.5. The second-order valence-electron chi connectivity index (χ2n) is 8.02. The van der Waals surface area contributed by atoms with Crippen LogP contribution in [-0.4, -0.2) is 22.1 Å². The molecule has 5 rings (SSSR count). The summed E-state index contributed by atoms with van der Waals surface area (Å²) in [4.78, 5) is 30.7. The minimum atomic E-state index is -4.58. The summed E-state index contributed by atoms with van der Waals surface area (Å²) < 4.78 is 52.4. The van der Waals surface area contributed by atoms with Crippen LogP contribution >= 0.6 is 11.8 Å². The highest BCUT2D eigenvalue weighted by atomic mass is 32.2. The highest BCUT2D eigenvalue weighted by molar-refractivity contribution is 7.98. The average Bonchev–Trinajstić information content (AvgIpc) is 3.26. The van der Waals surface area contributed by atoms with Crippen LogP contribution in [0.4, 0.5) is 13.2 Å². The van der Waals surface area contributed by atoms with E-state index in [9.17, 15) is 22.8 Å². The number of aromatic nitrogens is 2. The van der Waals surface area contributed by atoms with E-state index >= 15 is 0 Å². The zero-order valence-electron chi connectivity index (χ0n) is 19.4. The highest BCUT2D eigenvalue weighted by Gasteiger charge is 2.31. The molecule has 37 heavy (non-hydrogen) atoms. The normalized spacial score (nSPS) is 11.8. The number of esters is 1. The van der Waals surface area contributed by atoms with Crippen molar-refractivity contribution in [1.29, 1.82) is 0 Å². The molecule has 0 radical (unpaired) electrons. The predicted octanol–water partition coefficient (Wildman–Crippen LogP) is 6.62. The zero-order valence-corrected chi connectivity index (χ0v) is 20.2. The number of furan rings is 1. The van der Waals surface area contributed by atoms with Gasteiger partial charge >= 0.3 is 12.1 Å². The molecule has 0 unspecified atom stereocenters. The van der Waals surface area contributed by atoms with Gasteiger partial charge in [0.1, 0.15) is 5.58 Å². The monoisotopic (exact) mass is 524 g/mol. The van der Waals surface area contributed by atoms with Crippen molar-refractivity contribution in [2.45, 2.75) is 24.0 Å². The van der Waals surface area contributed by atoms with Crippen LogP contribution in [0, 0.1) is 0 Å². The summed E-state index contributed by atoms with van der Waals surface area (Å²) in [7, 11) is 0. The van der Waals surface area contributed by atoms with Gasteiger partial charge in [-0.2, -0.15) is 13.2 Å². The van der Waals surface area contributed by atoms with E-state index in [4.69, 9.17) is 9.15 Å². The van der Waals surface area contributed by atoms with Crippen LogP contribution in [-0.2, 0) is 16.7 Å². The summed E-state index contributed by atoms with van der Waals surface area (Å²) >= 11 is 1.11. The Hall–Kier alpha value is -4.05. The molecule has 188 valence electrons. The predicted molar refractivity (Wildman–Crippen MR) is 134 cm³/mol. The molecule has 0 bridgehead atoms. The van der Waals surface area contributed by atoms with E-state index in [-0.39, 0.29) is 34.4 Å². The van der Waals surface area contributed by atoms with Crippen LogP contribution in [0.5, 0.6) is 0 Å². The Morgan fingerprint density at radius 2 is 1.76 bits per heavy atom. The summed E-state index contributed by atoms with van der Waals surface area (Å²) in [5, 5.41) is 1.13. The van der Waals surface area contributed by atoms with E-state index in [1.165, 1.54) is 12.1 Å². The Balaban J connectivity index is 1.65. The van der Waals surface area contributed by atoms with Crippen molar-refractivity contribution in [3.63, 3.8) is 0 Å². The van der Waals surface area contributed by atoms with E-state index in [1.807, 2.05) is 0 Å². The third-order valence-corrected chi connectivity index (χ3v) is 6.65. The molecule has 0 fully saturated rings. The number of carbonyl (C=O) groups excluding carboxylic acids is 1. The van der Waals surface area contributed by atoms with Gasteiger partial charge in [-0.25, -0.2) is 9.78 Å². The molecule has 0 atom stereocenters. The largest absolute Gasteiger partial charge is 0.460 e. The van der Waals surface area contributed by atoms with E-state index in [1.54, 1.807) is 55.5 Å². The van der Waals surface area contributed by atoms with E-state index in [0.717, 1.165) is 28.5 Å². The molecule has 0 saturated carbocycles. The summed E-state index contributed by atoms with van der Waals surface area (Å²) in [6, 6.07) is 18.2. The third-order valence-electron chi connectivity index (χ3n) is 5.68. The van der Waals surface area contributed by atoms with E-state index < -0.39 is 23.3 Å². The fraction of sp³-hybridized carbons (Fsp3) is 0.148. The number of thioether (sulfide) groups is 1. The fourth-order valence-electron chi connectivity index (χ4n) is 4.00. The van der Waals surface area contributed by atoms with Crippen LogP contribution in [0.3, 0.4) is 0 Å². The van der Waals surface area contributed by atoms with Crippen molar-refractivity contribution in [1.82, 2.24) is 9.55 Å². The van der Waals surface area contributed by atoms with Gasteiger partial charge in [-0.05, 0) is 43.3 Å². The second kappa shape index (κ2) is 9.78. The Morgan fingerprint density at radius 3 is 2.51 bits per heavy atom. The summed E-state index contributed by atoms with van der Waals surface area (Å²) in [5.41, 5.74) is 0.0746. The molecule has 5 aromatic rings. The van der Waals surface area contributed by atoms with Gasteiger partial charge in [-0.15, -0.1) is 0 Å². The molecule has 0 aliphatic carbocycles. The van der Waals surface area contributed by atoms with Gasteiger partial charge in [-0.3, -0.25) is 9.36 Å². The van der Waals surface area contributed by atoms with Crippen LogP contribution in [0.2, 0.25) is 0 Å². The van der Waals surface area contributed by atoms with Crippen LogP contribution in [0.25, 0.3) is 27.6 Å². The minimum Gasteiger partial charge on any atom is -0.460 e. The molecule has 10 heteroatoms. The molecule has 0 aliphatic heterocycles. The number of hydrogen-bond donors (Lipinski definition) is 0. The number of benzene rings is 3. The van der Waals surface area contributed by atoms with Gasteiger partial charge in [0, 0.05) is 16.7 Å². The van der Waals surface area contributed by atoms with Crippen molar-refractivity contribution in [2.75, 3.05) is 6.61 Å². The molecule has 0 aliphatic rings. The van der Waals surface area contributed by atoms with E-state index in [0.29, 0.717) is 22.0 Å². The molecule has 0 amide bonds. The average molecular weight is 525 g/mol. The van der Waals surface area contributed by atoms with Gasteiger partial charge in [-0.1, -0.05) is 48.2 Å². The van der Waals surface area contributed by atoms with E-state index in [2.05, 4.69) is 4.98 Å². The molecular formula is C27H19F3N2O4S. The number of fused-ring (bicyclic) bond motifs is 2. The van der Waals surface area contributed by atoms with Crippen molar-refractivity contribution >= 4 is 39.6 Å². The molecule has 3 aromatic carbocycles. The summed E-state index contributed by atoms with van der Waals surface area (Å²) in [5.74, 6) is -0.449. The SMILES string of the molecule is CCOC(=O)c1oc2ccccc2c1CSc1nc2ccccc2c(=O)n1-c1cccc(C(F)(F)F)c1. The molecule has 0 saturated heterocycles. The fourth-order valence-corrected chi connectivity index (χ4v) is 5.04. The molecule has 0 spiro atoms. The van der Waals surface area contributed by atoms with Gasteiger partial charge in [0.05, 0.1) is 28.8 Å². The minimum absolute atomic E-state index is 0.0308. The van der Waals surface area contributed by atoms with Gasteiger partial charge in [0.2, 0.25) is 5.76 Å². The second-order valence-corrected chi connectivity index (χ2v) is 8.96. The van der Waals surface area contributed by atoms with Crippen molar-refractivity contribution < 1.29 is 27.1 Å². The lowest BCUT2D eigenvalue weighted by Crippen LogP contribution is -2.22. The molecule has 2 heterocycles. The zero-order chi connectivity index (χ0) is 26.2. The lowest BCUT2D eigenvalue weighted by atomic mass is 10.1. The van der Waals surface area contributed by atoms with Crippen molar-refractivity contribution in [2.24, 2.45) is 0 Å². The smallest absolute Gasteiger partial charge is 0.416 e. The number of alkyl halides is 3. The third kappa shape index (κ3) is 4.72. The Morgan fingerprint density at radius 1 is 1.03 bits per heavy atom. The molecule has 0 N–H and O–H groups in total. The quantitative estimate of drug-likeness (QED) is 0.141. The maximum Gasteiger partial charge on any atom is 0.416 e. The molecule has 6 nitrogen and oxygen atoms in total. The number of halogens is 3. The van der Waals surface area contributed by atoms with Crippen LogP contribution in [0.1, 0.15) is 28.6 Å². The maximum absolute atomic E-state index is 13.5. The molecular weight excluding hydrogens is 505 g/mol. The van der Waals surface area contributed by atoms with Crippen LogP contribution < -0.4 is 5.56 Å². The Kier molecular flexibility index (Phi) is 6.51. The standard InChI is InChI=1S/C27H19F3N2O4S/c1-2-35-25(34)23-20(18-10-4-6-13-22(18)36-23)15-37-26-31-21-12-5-3-11-19(21)24(33)32(26)17-9-7-8-16(14-17)27(28,29)30/h3-14H,2,15H2,1H3. The first-order valence-corrected chi connectivity index (χ1v) is 12.3. The van der Waals surface area contributed by atoms with Gasteiger partial charge in [0.25, 0.3) is 5.56 Å². The lowest BCUT2D eigenvalue weighted by Gasteiger charge is -2.15. The first-order chi connectivity index (χ1) is 17.8. The first kappa shape index (κ1) is 24.6. The Bertz CT molecular complexity index is 1690. The molecule has 2 aromatic heterocycles. The highest BCUT2D eigenvalue weighted by Crippen LogP contribution is 2.34. The van der Waals surface area contributed by atoms with Gasteiger partial charge in [0.15, 0.2) is 5.16 Å². The topological polar surface area (TPSA) is 74.3 Å². The first-order valence-electron chi connectivity index (χ1n) is 11.3. The number of para-hydroxylation sites is 2. The number of nitrogens with zero attached hydrogens (tertiary/aromatic N) is 2. The number of rotatable bonds is 6. The van der Waals surface area contributed by atoms with Crippen molar-refractivity contribution in [3.8, 4) is 5.69 Å². The van der Waals surface area contributed by atoms with Crippen molar-refractivity contribution in [3.05, 3.63) is 100 Å². The van der Waals surface area contributed by atoms with Crippen LogP contribution in [0.15, 0.2) is 87.2 Å². The lowest BCUT2D eigenvalue weighted by molar-refractivity contribution is -0.137. The number of ether oxygens (including phenoxy) is 1. The Labute approximate surface area is 212 Å². The van der Waals surface area contributed by atoms with Gasteiger partial charge < -0.3 is 9.15 Å². The number of hydrogen-bond acceptors (Lipinski definition) is 6.